The van der Waals surface area contributed by atoms with E-state index < -0.39 is 0 Å². The van der Waals surface area contributed by atoms with Crippen molar-refractivity contribution in [3.05, 3.63) is 23.8 Å². The molecule has 4 heteroatoms. The van der Waals surface area contributed by atoms with Gasteiger partial charge in [-0.3, -0.25) is 9.80 Å². The number of nitrogens with zero attached hydrogens (tertiary/aromatic N) is 2. The van der Waals surface area contributed by atoms with Crippen molar-refractivity contribution in [1.29, 1.82) is 0 Å². The molecule has 4 rings (SSSR count). The Bertz CT molecular complexity index is 562. The molecule has 1 aromatic rings. The predicted molar refractivity (Wildman–Crippen MR) is 91.1 cm³/mol. The third-order valence-electron chi connectivity index (χ3n) is 5.63. The predicted octanol–water partition coefficient (Wildman–Crippen LogP) is 2.76. The van der Waals surface area contributed by atoms with Gasteiger partial charge in [-0.25, -0.2) is 0 Å². The lowest BCUT2D eigenvalue weighted by atomic mass is 9.98. The number of fused-ring (bicyclic) bond motifs is 2. The van der Waals surface area contributed by atoms with Crippen LogP contribution in [0.25, 0.3) is 0 Å². The van der Waals surface area contributed by atoms with Gasteiger partial charge in [0, 0.05) is 31.7 Å². The molecule has 4 nitrogen and oxygen atoms in total. The second-order valence-corrected chi connectivity index (χ2v) is 7.59. The van der Waals surface area contributed by atoms with E-state index >= 15 is 0 Å². The highest BCUT2D eigenvalue weighted by Crippen LogP contribution is 2.33. The highest BCUT2D eigenvalue weighted by molar-refractivity contribution is 5.44. The Kier molecular flexibility index (Phi) is 4.20. The molecule has 0 spiro atoms. The molecule has 1 aromatic carbocycles. The Hall–Kier alpha value is -1.26. The minimum atomic E-state index is 0.359. The van der Waals surface area contributed by atoms with Crippen LogP contribution in [-0.4, -0.2) is 54.9 Å². The van der Waals surface area contributed by atoms with E-state index in [1.54, 1.807) is 0 Å². The molecule has 3 aliphatic heterocycles. The molecule has 3 aliphatic rings. The van der Waals surface area contributed by atoms with Gasteiger partial charge in [-0.1, -0.05) is 13.0 Å². The first-order valence-electron chi connectivity index (χ1n) is 9.05. The molecule has 0 unspecified atom stereocenters. The van der Waals surface area contributed by atoms with Crippen LogP contribution in [0.4, 0.5) is 0 Å². The van der Waals surface area contributed by atoms with Gasteiger partial charge < -0.3 is 9.47 Å². The van der Waals surface area contributed by atoms with Gasteiger partial charge in [0.15, 0.2) is 11.5 Å². The second kappa shape index (κ2) is 6.33. The molecular formula is C19H28N2O2. The van der Waals surface area contributed by atoms with Gasteiger partial charge in [0.2, 0.25) is 6.79 Å². The van der Waals surface area contributed by atoms with Crippen molar-refractivity contribution >= 4 is 0 Å². The molecule has 126 valence electrons. The van der Waals surface area contributed by atoms with E-state index in [-0.39, 0.29) is 0 Å². The third-order valence-corrected chi connectivity index (χ3v) is 5.63. The van der Waals surface area contributed by atoms with Crippen LogP contribution in [0.2, 0.25) is 0 Å². The Morgan fingerprint density at radius 3 is 3.00 bits per heavy atom. The van der Waals surface area contributed by atoms with Gasteiger partial charge in [-0.2, -0.15) is 0 Å². The summed E-state index contributed by atoms with van der Waals surface area (Å²) in [5, 5.41) is 0. The summed E-state index contributed by atoms with van der Waals surface area (Å²) >= 11 is 0. The Labute approximate surface area is 139 Å². The van der Waals surface area contributed by atoms with Gasteiger partial charge in [-0.15, -0.1) is 0 Å². The minimum Gasteiger partial charge on any atom is -0.454 e. The van der Waals surface area contributed by atoms with E-state index in [9.17, 15) is 0 Å². The minimum absolute atomic E-state index is 0.359. The Morgan fingerprint density at radius 1 is 1.22 bits per heavy atom. The molecule has 3 heterocycles. The molecular weight excluding hydrogens is 288 g/mol. The number of rotatable bonds is 4. The van der Waals surface area contributed by atoms with Crippen molar-refractivity contribution in [2.24, 2.45) is 5.92 Å². The van der Waals surface area contributed by atoms with Crippen LogP contribution in [0, 0.1) is 5.92 Å². The molecule has 2 saturated heterocycles. The zero-order valence-corrected chi connectivity index (χ0v) is 14.3. The summed E-state index contributed by atoms with van der Waals surface area (Å²) in [6.45, 7) is 10.1. The van der Waals surface area contributed by atoms with Crippen molar-refractivity contribution < 1.29 is 9.47 Å². The first-order chi connectivity index (χ1) is 11.2. The zero-order chi connectivity index (χ0) is 15.8. The summed E-state index contributed by atoms with van der Waals surface area (Å²) in [6, 6.07) is 7.87. The SMILES string of the molecule is C[C@@H](Cc1ccc2c(c1)OCO2)CN1C[C@@H]2CCCN2C[C@@H]1C. The lowest BCUT2D eigenvalue weighted by molar-refractivity contribution is 0.0499. The van der Waals surface area contributed by atoms with Crippen molar-refractivity contribution in [2.45, 2.75) is 45.2 Å². The standard InChI is InChI=1S/C19H28N2O2/c1-14(8-16-5-6-18-19(9-16)23-13-22-18)10-21-12-17-4-3-7-20(17)11-15(21)2/h5-6,9,14-15,17H,3-4,7-8,10-13H2,1-2H3/t14-,15-,17-/m0/s1. The average Bonchev–Trinajstić information content (AvgIpc) is 3.15. The summed E-state index contributed by atoms with van der Waals surface area (Å²) in [5.74, 6) is 2.45. The normalized spacial score (nSPS) is 28.8. The summed E-state index contributed by atoms with van der Waals surface area (Å²) in [6.07, 6.45) is 3.88. The number of ether oxygens (including phenoxy) is 2. The molecule has 0 aromatic heterocycles. The van der Waals surface area contributed by atoms with E-state index in [1.807, 2.05) is 6.07 Å². The maximum Gasteiger partial charge on any atom is 0.231 e. The fraction of sp³-hybridized carbons (Fsp3) is 0.684. The third kappa shape index (κ3) is 3.20. The van der Waals surface area contributed by atoms with E-state index in [4.69, 9.17) is 9.47 Å². The van der Waals surface area contributed by atoms with Crippen molar-refractivity contribution in [1.82, 2.24) is 9.80 Å². The van der Waals surface area contributed by atoms with Gasteiger partial charge in [0.25, 0.3) is 0 Å². The van der Waals surface area contributed by atoms with E-state index in [0.717, 1.165) is 24.0 Å². The number of benzene rings is 1. The lowest BCUT2D eigenvalue weighted by Gasteiger charge is -2.43. The molecule has 2 fully saturated rings. The van der Waals surface area contributed by atoms with Gasteiger partial charge in [0.05, 0.1) is 0 Å². The average molecular weight is 316 g/mol. The maximum atomic E-state index is 5.50. The number of piperazine rings is 1. The van der Waals surface area contributed by atoms with Gasteiger partial charge in [0.1, 0.15) is 0 Å². The van der Waals surface area contributed by atoms with Crippen molar-refractivity contribution in [3.63, 3.8) is 0 Å². The molecule has 23 heavy (non-hydrogen) atoms. The largest absolute Gasteiger partial charge is 0.454 e. The first kappa shape index (κ1) is 15.3. The summed E-state index contributed by atoms with van der Waals surface area (Å²) in [5.41, 5.74) is 1.36. The van der Waals surface area contributed by atoms with Gasteiger partial charge >= 0.3 is 0 Å². The quantitative estimate of drug-likeness (QED) is 0.853. The van der Waals surface area contributed by atoms with E-state index in [0.29, 0.717) is 18.8 Å². The second-order valence-electron chi connectivity index (χ2n) is 7.59. The van der Waals surface area contributed by atoms with Crippen LogP contribution in [0.3, 0.4) is 0 Å². The Balaban J connectivity index is 1.35. The number of hydrogen-bond acceptors (Lipinski definition) is 4. The molecule has 0 amide bonds. The summed E-state index contributed by atoms with van der Waals surface area (Å²) in [4.78, 5) is 5.41. The monoisotopic (exact) mass is 316 g/mol. The smallest absolute Gasteiger partial charge is 0.231 e. The fourth-order valence-corrected chi connectivity index (χ4v) is 4.44. The van der Waals surface area contributed by atoms with Crippen LogP contribution in [0.1, 0.15) is 32.3 Å². The van der Waals surface area contributed by atoms with Crippen LogP contribution in [0.15, 0.2) is 18.2 Å². The summed E-state index contributed by atoms with van der Waals surface area (Å²) in [7, 11) is 0. The molecule has 0 aliphatic carbocycles. The lowest BCUT2D eigenvalue weighted by Crippen LogP contribution is -2.55. The van der Waals surface area contributed by atoms with E-state index in [1.165, 1.54) is 44.6 Å². The van der Waals surface area contributed by atoms with Crippen LogP contribution >= 0.6 is 0 Å². The van der Waals surface area contributed by atoms with Crippen LogP contribution < -0.4 is 9.47 Å². The fourth-order valence-electron chi connectivity index (χ4n) is 4.44. The first-order valence-corrected chi connectivity index (χ1v) is 9.05. The molecule has 0 saturated carbocycles. The van der Waals surface area contributed by atoms with Gasteiger partial charge in [-0.05, 0) is 56.3 Å². The van der Waals surface area contributed by atoms with Crippen molar-refractivity contribution in [2.75, 3.05) is 33.0 Å². The topological polar surface area (TPSA) is 24.9 Å². The van der Waals surface area contributed by atoms with E-state index in [2.05, 4.69) is 35.8 Å². The Morgan fingerprint density at radius 2 is 2.09 bits per heavy atom. The zero-order valence-electron chi connectivity index (χ0n) is 14.3. The van der Waals surface area contributed by atoms with Crippen LogP contribution in [-0.2, 0) is 6.42 Å². The summed E-state index contributed by atoms with van der Waals surface area (Å²) < 4.78 is 10.9. The number of hydrogen-bond donors (Lipinski definition) is 0. The highest BCUT2D eigenvalue weighted by atomic mass is 16.7. The van der Waals surface area contributed by atoms with Crippen molar-refractivity contribution in [3.8, 4) is 11.5 Å². The maximum absolute atomic E-state index is 5.50. The highest BCUT2D eigenvalue weighted by Gasteiger charge is 2.34. The molecule has 0 bridgehead atoms. The molecule has 0 N–H and O–H groups in total. The molecule has 3 atom stereocenters. The molecule has 0 radical (unpaired) electrons. The van der Waals surface area contributed by atoms with Crippen LogP contribution in [0.5, 0.6) is 11.5 Å².